The van der Waals surface area contributed by atoms with Crippen molar-refractivity contribution in [1.82, 2.24) is 19.7 Å². The highest BCUT2D eigenvalue weighted by atomic mass is 79.9. The van der Waals surface area contributed by atoms with Gasteiger partial charge in [-0.15, -0.1) is 10.2 Å². The average Bonchev–Trinajstić information content (AvgIpc) is 3.12. The minimum Gasteiger partial charge on any atom is -0.469 e. The number of benzene rings is 1. The highest BCUT2D eigenvalue weighted by Crippen LogP contribution is 2.34. The highest BCUT2D eigenvalue weighted by molar-refractivity contribution is 9.10. The summed E-state index contributed by atoms with van der Waals surface area (Å²) in [6.45, 7) is 0.297. The van der Waals surface area contributed by atoms with Crippen molar-refractivity contribution in [3.8, 4) is 5.69 Å². The number of esters is 1. The molecule has 0 radical (unpaired) electrons. The van der Waals surface area contributed by atoms with Crippen molar-refractivity contribution in [2.75, 3.05) is 14.2 Å². The fraction of sp³-hybridized carbons (Fsp3) is 0.286. The second kappa shape index (κ2) is 8.85. The lowest BCUT2D eigenvalue weighted by molar-refractivity contribution is -0.140. The van der Waals surface area contributed by atoms with Crippen LogP contribution in [0, 0.1) is 0 Å². The number of hydrogen-bond donors (Lipinski definition) is 0. The van der Waals surface area contributed by atoms with Crippen LogP contribution in [0.4, 0.5) is 0 Å². The third-order valence-corrected chi connectivity index (χ3v) is 5.32. The lowest BCUT2D eigenvalue weighted by atomic mass is 10.0. The van der Waals surface area contributed by atoms with Crippen LogP contribution in [-0.4, -0.2) is 45.6 Å². The lowest BCUT2D eigenvalue weighted by Gasteiger charge is -2.14. The number of hydrogen-bond acceptors (Lipinski definition) is 7. The Hall–Kier alpha value is -2.91. The summed E-state index contributed by atoms with van der Waals surface area (Å²) in [4.78, 5) is 21.3. The number of aliphatic imine (C=N–C) groups is 1. The number of carbonyl (C=O) groups is 1. The number of fused-ring (bicyclic) bond motifs is 3. The van der Waals surface area contributed by atoms with Crippen molar-refractivity contribution >= 4 is 27.6 Å². The Morgan fingerprint density at radius 2 is 2.07 bits per heavy atom. The molecule has 1 atom stereocenters. The number of aromatic nitrogens is 4. The summed E-state index contributed by atoms with van der Waals surface area (Å²) in [5.74, 6) is 1.02. The molecule has 0 saturated carbocycles. The van der Waals surface area contributed by atoms with Crippen molar-refractivity contribution < 1.29 is 14.3 Å². The van der Waals surface area contributed by atoms with Crippen molar-refractivity contribution in [1.29, 1.82) is 0 Å². The molecule has 0 aliphatic carbocycles. The van der Waals surface area contributed by atoms with E-state index in [1.807, 2.05) is 41.0 Å². The molecule has 3 aromatic rings. The van der Waals surface area contributed by atoms with Gasteiger partial charge in [0.2, 0.25) is 0 Å². The third-order valence-electron chi connectivity index (χ3n) is 4.82. The molecule has 0 saturated heterocycles. The largest absolute Gasteiger partial charge is 0.469 e. The van der Waals surface area contributed by atoms with Crippen molar-refractivity contribution in [2.45, 2.75) is 25.5 Å². The molecule has 8 nitrogen and oxygen atoms in total. The van der Waals surface area contributed by atoms with Crippen molar-refractivity contribution in [2.24, 2.45) is 4.99 Å². The predicted octanol–water partition coefficient (Wildman–Crippen LogP) is 3.42. The van der Waals surface area contributed by atoms with Gasteiger partial charge >= 0.3 is 5.97 Å². The van der Waals surface area contributed by atoms with Gasteiger partial charge in [-0.1, -0.05) is 22.0 Å². The van der Waals surface area contributed by atoms with Crippen molar-refractivity contribution in [3.05, 3.63) is 70.0 Å². The molecule has 0 fully saturated rings. The molecule has 3 heterocycles. The zero-order valence-electron chi connectivity index (χ0n) is 16.6. The van der Waals surface area contributed by atoms with E-state index >= 15 is 0 Å². The molecule has 4 rings (SSSR count). The minimum atomic E-state index is -0.398. The smallest absolute Gasteiger partial charge is 0.305 e. The molecule has 0 bridgehead atoms. The molecule has 1 aliphatic heterocycles. The standard InChI is InChI=1S/C21H20BrN5O3/c1-29-12-18-25-26-21-16(7-9-19(28)30-2)24-20(15-5-3-4-10-23-15)14-11-13(22)6-8-17(14)27(18)21/h3-6,8,10-11,16H,7,9,12H2,1-2H3/t16-/m0/s1. The van der Waals surface area contributed by atoms with Crippen LogP contribution < -0.4 is 0 Å². The van der Waals surface area contributed by atoms with E-state index in [2.05, 4.69) is 31.1 Å². The van der Waals surface area contributed by atoms with Gasteiger partial charge in [-0.3, -0.25) is 19.3 Å². The summed E-state index contributed by atoms with van der Waals surface area (Å²) in [6, 6.07) is 11.3. The monoisotopic (exact) mass is 469 g/mol. The lowest BCUT2D eigenvalue weighted by Crippen LogP contribution is -2.11. The molecule has 9 heteroatoms. The average molecular weight is 470 g/mol. The van der Waals surface area contributed by atoms with Crippen LogP contribution >= 0.6 is 15.9 Å². The van der Waals surface area contributed by atoms with Crippen molar-refractivity contribution in [3.63, 3.8) is 0 Å². The fourth-order valence-corrected chi connectivity index (χ4v) is 3.83. The normalized spacial score (nSPS) is 15.0. The minimum absolute atomic E-state index is 0.215. The Bertz CT molecular complexity index is 1100. The quantitative estimate of drug-likeness (QED) is 0.513. The van der Waals surface area contributed by atoms with Gasteiger partial charge in [0.15, 0.2) is 11.6 Å². The number of methoxy groups -OCH3 is 2. The highest BCUT2D eigenvalue weighted by Gasteiger charge is 2.30. The number of carbonyl (C=O) groups excluding carboxylic acids is 1. The van der Waals surface area contributed by atoms with Crippen LogP contribution in [0.5, 0.6) is 0 Å². The maximum Gasteiger partial charge on any atom is 0.305 e. The molecular weight excluding hydrogens is 450 g/mol. The molecular formula is C21H20BrN5O3. The van der Waals surface area contributed by atoms with Crippen LogP contribution in [0.15, 0.2) is 52.1 Å². The Kier molecular flexibility index (Phi) is 6.01. The maximum absolute atomic E-state index is 11.8. The zero-order valence-corrected chi connectivity index (χ0v) is 18.2. The maximum atomic E-state index is 11.8. The summed E-state index contributed by atoms with van der Waals surface area (Å²) < 4.78 is 13.0. The van der Waals surface area contributed by atoms with E-state index in [0.717, 1.165) is 27.1 Å². The molecule has 0 N–H and O–H groups in total. The molecule has 0 unspecified atom stereocenters. The van der Waals surface area contributed by atoms with Gasteiger partial charge in [0.1, 0.15) is 12.6 Å². The summed E-state index contributed by atoms with van der Waals surface area (Å²) in [5, 5.41) is 8.73. The van der Waals surface area contributed by atoms with E-state index in [1.165, 1.54) is 7.11 Å². The third kappa shape index (κ3) is 3.90. The fourth-order valence-electron chi connectivity index (χ4n) is 3.46. The second-order valence-corrected chi connectivity index (χ2v) is 7.64. The Labute approximate surface area is 182 Å². The SMILES string of the molecule is COCc1nnc2n1-c1ccc(Br)cc1C(c1ccccn1)=N[C@H]2CCC(=O)OC. The summed E-state index contributed by atoms with van der Waals surface area (Å²) in [7, 11) is 3.00. The van der Waals surface area contributed by atoms with E-state index in [1.54, 1.807) is 13.3 Å². The first-order valence-corrected chi connectivity index (χ1v) is 10.2. The molecule has 1 aliphatic rings. The van der Waals surface area contributed by atoms with E-state index in [9.17, 15) is 4.79 Å². The molecule has 1 aromatic carbocycles. The van der Waals surface area contributed by atoms with E-state index in [0.29, 0.717) is 24.7 Å². The Morgan fingerprint density at radius 1 is 1.20 bits per heavy atom. The van der Waals surface area contributed by atoms with Gasteiger partial charge in [-0.2, -0.15) is 0 Å². The van der Waals surface area contributed by atoms with Crippen LogP contribution in [-0.2, 0) is 20.9 Å². The number of halogens is 1. The number of rotatable bonds is 6. The molecule has 0 amide bonds. The Morgan fingerprint density at radius 3 is 2.80 bits per heavy atom. The predicted molar refractivity (Wildman–Crippen MR) is 114 cm³/mol. The first-order valence-electron chi connectivity index (χ1n) is 9.41. The number of pyridine rings is 1. The summed E-state index contributed by atoms with van der Waals surface area (Å²) in [5.41, 5.74) is 3.25. The second-order valence-electron chi connectivity index (χ2n) is 6.73. The van der Waals surface area contributed by atoms with Crippen LogP contribution in [0.1, 0.15) is 41.8 Å². The molecule has 2 aromatic heterocycles. The van der Waals surface area contributed by atoms with Gasteiger partial charge in [0, 0.05) is 29.8 Å². The van der Waals surface area contributed by atoms with Crippen LogP contribution in [0.25, 0.3) is 5.69 Å². The van der Waals surface area contributed by atoms with E-state index < -0.39 is 6.04 Å². The van der Waals surface area contributed by atoms with Crippen LogP contribution in [0.3, 0.4) is 0 Å². The first kappa shape index (κ1) is 20.4. The summed E-state index contributed by atoms with van der Waals surface area (Å²) >= 11 is 3.57. The molecule has 0 spiro atoms. The van der Waals surface area contributed by atoms with Crippen LogP contribution in [0.2, 0.25) is 0 Å². The number of nitrogens with zero attached hydrogens (tertiary/aromatic N) is 5. The van der Waals surface area contributed by atoms with E-state index in [4.69, 9.17) is 14.5 Å². The molecule has 154 valence electrons. The first-order chi connectivity index (χ1) is 14.6. The number of ether oxygens (including phenoxy) is 2. The van der Waals surface area contributed by atoms with Gasteiger partial charge in [0.05, 0.1) is 24.2 Å². The van der Waals surface area contributed by atoms with Gasteiger partial charge < -0.3 is 9.47 Å². The topological polar surface area (TPSA) is 91.5 Å². The van der Waals surface area contributed by atoms with Gasteiger partial charge in [-0.25, -0.2) is 0 Å². The summed E-state index contributed by atoms with van der Waals surface area (Å²) in [6.07, 6.45) is 2.39. The zero-order chi connectivity index (χ0) is 21.1. The van der Waals surface area contributed by atoms with Gasteiger partial charge in [-0.05, 0) is 36.8 Å². The Balaban J connectivity index is 1.93. The molecule has 30 heavy (non-hydrogen) atoms. The van der Waals surface area contributed by atoms with E-state index in [-0.39, 0.29) is 12.4 Å². The van der Waals surface area contributed by atoms with Gasteiger partial charge in [0.25, 0.3) is 0 Å².